The first-order valence-corrected chi connectivity index (χ1v) is 10.5. The van der Waals surface area contributed by atoms with Crippen LogP contribution in [0.2, 0.25) is 0 Å². The molecule has 4 heterocycles. The third kappa shape index (κ3) is 3.45. The SMILES string of the molecule is CC[C@H](C)[C@@H]1COC(=O)N1C1CCN(C(=O)c2cnc3cc(C)nn3c2C)CC1. The molecule has 8 nitrogen and oxygen atoms in total. The molecule has 2 atom stereocenters. The van der Waals surface area contributed by atoms with E-state index >= 15 is 0 Å². The van der Waals surface area contributed by atoms with E-state index in [1.807, 2.05) is 29.7 Å². The second-order valence-corrected chi connectivity index (χ2v) is 8.27. The summed E-state index contributed by atoms with van der Waals surface area (Å²) < 4.78 is 7.07. The van der Waals surface area contributed by atoms with Gasteiger partial charge in [-0.1, -0.05) is 20.3 Å². The van der Waals surface area contributed by atoms with Crippen molar-refractivity contribution in [3.8, 4) is 0 Å². The summed E-state index contributed by atoms with van der Waals surface area (Å²) in [6.07, 6.45) is 3.99. The number of piperidine rings is 1. The molecule has 29 heavy (non-hydrogen) atoms. The summed E-state index contributed by atoms with van der Waals surface area (Å²) in [6.45, 7) is 9.84. The highest BCUT2D eigenvalue weighted by Crippen LogP contribution is 2.29. The van der Waals surface area contributed by atoms with Crippen molar-refractivity contribution in [3.63, 3.8) is 0 Å². The van der Waals surface area contributed by atoms with Crippen molar-refractivity contribution in [2.45, 2.75) is 59.0 Å². The van der Waals surface area contributed by atoms with Crippen LogP contribution in [0.15, 0.2) is 12.3 Å². The number of hydrogen-bond donors (Lipinski definition) is 0. The molecule has 8 heteroatoms. The molecule has 2 amide bonds. The molecule has 0 unspecified atom stereocenters. The first-order chi connectivity index (χ1) is 13.9. The number of rotatable bonds is 4. The standard InChI is InChI=1S/C21H29N5O3/c1-5-13(2)18-12-29-21(28)25(18)16-6-8-24(9-7-16)20(27)17-11-22-19-10-14(3)23-26(19)15(17)4/h10-11,13,16,18H,5-9,12H2,1-4H3/t13-,18-/m0/s1. The van der Waals surface area contributed by atoms with Crippen LogP contribution >= 0.6 is 0 Å². The number of fused-ring (bicyclic) bond motifs is 1. The maximum absolute atomic E-state index is 13.1. The van der Waals surface area contributed by atoms with Gasteiger partial charge in [-0.05, 0) is 32.6 Å². The lowest BCUT2D eigenvalue weighted by Crippen LogP contribution is -2.51. The maximum Gasteiger partial charge on any atom is 0.410 e. The van der Waals surface area contributed by atoms with E-state index in [1.54, 1.807) is 10.7 Å². The van der Waals surface area contributed by atoms with Gasteiger partial charge in [0.2, 0.25) is 0 Å². The van der Waals surface area contributed by atoms with Gasteiger partial charge >= 0.3 is 6.09 Å². The van der Waals surface area contributed by atoms with Crippen LogP contribution in [0.25, 0.3) is 5.65 Å². The van der Waals surface area contributed by atoms with Gasteiger partial charge in [-0.2, -0.15) is 5.10 Å². The lowest BCUT2D eigenvalue weighted by Gasteiger charge is -2.39. The van der Waals surface area contributed by atoms with Gasteiger partial charge in [0, 0.05) is 31.4 Å². The number of nitrogens with zero attached hydrogens (tertiary/aromatic N) is 5. The third-order valence-electron chi connectivity index (χ3n) is 6.47. The highest BCUT2D eigenvalue weighted by atomic mass is 16.6. The molecule has 2 saturated heterocycles. The molecule has 2 aliphatic rings. The highest BCUT2D eigenvalue weighted by Gasteiger charge is 2.41. The fourth-order valence-corrected chi connectivity index (χ4v) is 4.47. The quantitative estimate of drug-likeness (QED) is 0.790. The van der Waals surface area contributed by atoms with Gasteiger partial charge in [0.1, 0.15) is 6.61 Å². The molecule has 0 radical (unpaired) electrons. The average molecular weight is 399 g/mol. The second-order valence-electron chi connectivity index (χ2n) is 8.27. The summed E-state index contributed by atoms with van der Waals surface area (Å²) in [7, 11) is 0. The highest BCUT2D eigenvalue weighted by molar-refractivity contribution is 5.95. The van der Waals surface area contributed by atoms with Crippen molar-refractivity contribution in [1.29, 1.82) is 0 Å². The summed E-state index contributed by atoms with van der Waals surface area (Å²) >= 11 is 0. The van der Waals surface area contributed by atoms with Crippen molar-refractivity contribution in [2.75, 3.05) is 19.7 Å². The van der Waals surface area contributed by atoms with Crippen LogP contribution < -0.4 is 0 Å². The normalized spacial score (nSPS) is 21.7. The van der Waals surface area contributed by atoms with E-state index in [0.717, 1.165) is 36.3 Å². The van der Waals surface area contributed by atoms with Crippen LogP contribution in [0.3, 0.4) is 0 Å². The minimum atomic E-state index is -0.209. The Kier molecular flexibility index (Phi) is 5.19. The Bertz CT molecular complexity index is 932. The first kappa shape index (κ1) is 19.7. The minimum Gasteiger partial charge on any atom is -0.447 e. The Balaban J connectivity index is 1.46. The smallest absolute Gasteiger partial charge is 0.410 e. The molecule has 4 rings (SSSR count). The van der Waals surface area contributed by atoms with Crippen molar-refractivity contribution < 1.29 is 14.3 Å². The predicted octanol–water partition coefficient (Wildman–Crippen LogP) is 2.82. The van der Waals surface area contributed by atoms with Gasteiger partial charge in [-0.25, -0.2) is 14.3 Å². The molecule has 2 aromatic heterocycles. The zero-order valence-corrected chi connectivity index (χ0v) is 17.6. The largest absolute Gasteiger partial charge is 0.447 e. The van der Waals surface area contributed by atoms with Crippen molar-refractivity contribution >= 4 is 17.6 Å². The Morgan fingerprint density at radius 2 is 2.03 bits per heavy atom. The lowest BCUT2D eigenvalue weighted by molar-refractivity contribution is 0.0613. The van der Waals surface area contributed by atoms with E-state index in [0.29, 0.717) is 31.2 Å². The lowest BCUT2D eigenvalue weighted by atomic mass is 9.95. The maximum atomic E-state index is 13.1. The number of carbonyl (C=O) groups excluding carboxylic acids is 2. The molecule has 2 aromatic rings. The van der Waals surface area contributed by atoms with E-state index in [2.05, 4.69) is 23.9 Å². The average Bonchev–Trinajstić information content (AvgIpc) is 3.30. The van der Waals surface area contributed by atoms with Crippen LogP contribution in [0.5, 0.6) is 0 Å². The van der Waals surface area contributed by atoms with Gasteiger partial charge in [-0.15, -0.1) is 0 Å². The fraction of sp³-hybridized carbons (Fsp3) is 0.619. The Morgan fingerprint density at radius 1 is 1.31 bits per heavy atom. The van der Waals surface area contributed by atoms with Crippen LogP contribution in [0.1, 0.15) is 54.9 Å². The van der Waals surface area contributed by atoms with Gasteiger partial charge in [0.05, 0.1) is 23.0 Å². The van der Waals surface area contributed by atoms with E-state index < -0.39 is 0 Å². The van der Waals surface area contributed by atoms with Crippen molar-refractivity contribution in [1.82, 2.24) is 24.4 Å². The number of aromatic nitrogens is 3. The molecule has 0 aromatic carbocycles. The van der Waals surface area contributed by atoms with Crippen LogP contribution in [-0.4, -0.2) is 68.2 Å². The molecule has 0 bridgehead atoms. The van der Waals surface area contributed by atoms with E-state index in [4.69, 9.17) is 4.74 Å². The summed E-state index contributed by atoms with van der Waals surface area (Å²) in [4.78, 5) is 33.6. The molecule has 156 valence electrons. The zero-order chi connectivity index (χ0) is 20.7. The molecule has 0 aliphatic carbocycles. The molecule has 2 fully saturated rings. The minimum absolute atomic E-state index is 0.0222. The number of hydrogen-bond acceptors (Lipinski definition) is 5. The summed E-state index contributed by atoms with van der Waals surface area (Å²) in [5.41, 5.74) is 3.01. The van der Waals surface area contributed by atoms with Crippen LogP contribution in [-0.2, 0) is 4.74 Å². The molecule has 2 aliphatic heterocycles. The second kappa shape index (κ2) is 7.65. The number of amides is 2. The van der Waals surface area contributed by atoms with E-state index in [9.17, 15) is 9.59 Å². The monoisotopic (exact) mass is 399 g/mol. The van der Waals surface area contributed by atoms with E-state index in [1.165, 1.54) is 0 Å². The number of likely N-dealkylation sites (tertiary alicyclic amines) is 1. The van der Waals surface area contributed by atoms with Gasteiger partial charge < -0.3 is 9.64 Å². The Hall–Kier alpha value is -2.64. The first-order valence-electron chi connectivity index (χ1n) is 10.5. The Morgan fingerprint density at radius 3 is 2.72 bits per heavy atom. The van der Waals surface area contributed by atoms with E-state index in [-0.39, 0.29) is 24.1 Å². The molecule has 0 saturated carbocycles. The number of ether oxygens (including phenoxy) is 1. The third-order valence-corrected chi connectivity index (χ3v) is 6.47. The van der Waals surface area contributed by atoms with Crippen LogP contribution in [0.4, 0.5) is 4.79 Å². The summed E-state index contributed by atoms with van der Waals surface area (Å²) in [5.74, 6) is 0.380. The Labute approximate surface area is 170 Å². The number of cyclic esters (lactones) is 1. The van der Waals surface area contributed by atoms with Gasteiger partial charge in [0.25, 0.3) is 5.91 Å². The van der Waals surface area contributed by atoms with Gasteiger partial charge in [0.15, 0.2) is 5.65 Å². The molecule has 0 N–H and O–H groups in total. The fourth-order valence-electron chi connectivity index (χ4n) is 4.47. The van der Waals surface area contributed by atoms with Gasteiger partial charge in [-0.3, -0.25) is 9.69 Å². The van der Waals surface area contributed by atoms with Crippen molar-refractivity contribution in [3.05, 3.63) is 29.2 Å². The zero-order valence-electron chi connectivity index (χ0n) is 17.6. The molecular weight excluding hydrogens is 370 g/mol. The predicted molar refractivity (Wildman–Crippen MR) is 108 cm³/mol. The summed E-state index contributed by atoms with van der Waals surface area (Å²) in [6, 6.07) is 2.16. The topological polar surface area (TPSA) is 80.0 Å². The molecular formula is C21H29N5O3. The summed E-state index contributed by atoms with van der Waals surface area (Å²) in [5, 5.41) is 4.43. The van der Waals surface area contributed by atoms with Crippen LogP contribution in [0, 0.1) is 19.8 Å². The van der Waals surface area contributed by atoms with Crippen molar-refractivity contribution in [2.24, 2.45) is 5.92 Å². The molecule has 0 spiro atoms. The number of aryl methyl sites for hydroxylation is 2. The number of carbonyl (C=O) groups is 2.